The maximum atomic E-state index is 14.4. The Hall–Kier alpha value is -1.80. The number of fused-ring (bicyclic) bond motifs is 1. The smallest absolute Gasteiger partial charge is 0.247 e. The molecule has 7 nitrogen and oxygen atoms in total. The molecule has 0 aromatic carbocycles. The predicted molar refractivity (Wildman–Crippen MR) is 150 cm³/mol. The summed E-state index contributed by atoms with van der Waals surface area (Å²) in [6.07, 6.45) is 5.68. The highest BCUT2D eigenvalue weighted by atomic mass is 32.2. The van der Waals surface area contributed by atoms with Gasteiger partial charge in [0, 0.05) is 30.9 Å². The molecule has 0 radical (unpaired) electrons. The number of thioether (sulfide) groups is 1. The largest absolute Gasteiger partial charge is 0.394 e. The van der Waals surface area contributed by atoms with Crippen molar-refractivity contribution in [3.05, 3.63) is 25.3 Å². The lowest BCUT2D eigenvalue weighted by atomic mass is 9.65. The summed E-state index contributed by atoms with van der Waals surface area (Å²) >= 11 is 1.69. The first-order valence-corrected chi connectivity index (χ1v) is 14.8. The van der Waals surface area contributed by atoms with Crippen LogP contribution in [0, 0.1) is 23.7 Å². The third-order valence-electron chi connectivity index (χ3n) is 8.44. The summed E-state index contributed by atoms with van der Waals surface area (Å²) in [5.74, 6) is -0.959. The van der Waals surface area contributed by atoms with Crippen LogP contribution in [0.15, 0.2) is 25.3 Å². The second kappa shape index (κ2) is 11.9. The monoisotopic (exact) mass is 533 g/mol. The molecule has 3 saturated heterocycles. The molecule has 1 spiro atoms. The van der Waals surface area contributed by atoms with E-state index in [1.54, 1.807) is 33.7 Å². The lowest BCUT2D eigenvalue weighted by Gasteiger charge is -2.43. The zero-order chi connectivity index (χ0) is 27.7. The minimum absolute atomic E-state index is 0.00245. The molecule has 0 aromatic rings. The van der Waals surface area contributed by atoms with E-state index in [0.717, 1.165) is 12.8 Å². The molecule has 0 saturated carbocycles. The summed E-state index contributed by atoms with van der Waals surface area (Å²) in [5.41, 5.74) is 0. The van der Waals surface area contributed by atoms with Gasteiger partial charge in [0.15, 0.2) is 0 Å². The second-order valence-corrected chi connectivity index (χ2v) is 13.3. The molecule has 3 aliphatic rings. The number of carbonyl (C=O) groups is 3. The lowest BCUT2D eigenvalue weighted by Crippen LogP contribution is -2.60. The van der Waals surface area contributed by atoms with Crippen molar-refractivity contribution in [1.82, 2.24) is 14.7 Å². The van der Waals surface area contributed by atoms with Gasteiger partial charge in [0.1, 0.15) is 6.04 Å². The molecule has 3 aliphatic heterocycles. The maximum absolute atomic E-state index is 14.4. The van der Waals surface area contributed by atoms with Crippen LogP contribution >= 0.6 is 11.8 Å². The Morgan fingerprint density at radius 3 is 2.35 bits per heavy atom. The number of aliphatic hydroxyl groups is 1. The van der Waals surface area contributed by atoms with Crippen LogP contribution in [-0.2, 0) is 14.4 Å². The number of hydrogen-bond donors (Lipinski definition) is 1. The zero-order valence-corrected chi connectivity index (χ0v) is 24.4. The van der Waals surface area contributed by atoms with Gasteiger partial charge in [-0.25, -0.2) is 0 Å². The van der Waals surface area contributed by atoms with Gasteiger partial charge in [0.25, 0.3) is 0 Å². The first-order chi connectivity index (χ1) is 17.5. The predicted octanol–water partition coefficient (Wildman–Crippen LogP) is 3.58. The molecule has 3 heterocycles. The van der Waals surface area contributed by atoms with Crippen LogP contribution in [0.25, 0.3) is 0 Å². The molecular weight excluding hydrogens is 486 g/mol. The zero-order valence-electron chi connectivity index (χ0n) is 23.6. The Balaban J connectivity index is 2.16. The molecule has 1 N–H and O–H groups in total. The van der Waals surface area contributed by atoms with Crippen LogP contribution in [-0.4, -0.2) is 91.9 Å². The number of rotatable bonds is 13. The van der Waals surface area contributed by atoms with E-state index in [1.807, 2.05) is 25.7 Å². The van der Waals surface area contributed by atoms with Crippen molar-refractivity contribution in [2.75, 3.05) is 26.2 Å². The van der Waals surface area contributed by atoms with Crippen LogP contribution in [0.3, 0.4) is 0 Å². The van der Waals surface area contributed by atoms with E-state index in [9.17, 15) is 19.5 Å². The van der Waals surface area contributed by atoms with E-state index in [0.29, 0.717) is 26.1 Å². The van der Waals surface area contributed by atoms with Gasteiger partial charge in [0.2, 0.25) is 17.7 Å². The van der Waals surface area contributed by atoms with Crippen LogP contribution in [0.4, 0.5) is 0 Å². The molecular formula is C29H47N3O4S. The van der Waals surface area contributed by atoms with Crippen molar-refractivity contribution >= 4 is 29.5 Å². The summed E-state index contributed by atoms with van der Waals surface area (Å²) < 4.78 is -0.691. The van der Waals surface area contributed by atoms with Crippen molar-refractivity contribution in [3.8, 4) is 0 Å². The highest BCUT2D eigenvalue weighted by molar-refractivity contribution is 8.02. The SMILES string of the molecule is C=CCN(CCC)C(=O)[C@@H]1[C@@H]2CC(C)C3(S2)C(C(=O)N(CC=C)C(C)C)N([C@@H](CO)CC(C)C)C(=O)[C@H]13. The Morgan fingerprint density at radius 2 is 1.84 bits per heavy atom. The molecule has 37 heavy (non-hydrogen) atoms. The molecule has 8 heteroatoms. The molecule has 3 unspecified atom stereocenters. The average Bonchev–Trinajstić information content (AvgIpc) is 3.43. The van der Waals surface area contributed by atoms with Crippen molar-refractivity contribution in [1.29, 1.82) is 0 Å². The molecule has 2 bridgehead atoms. The van der Waals surface area contributed by atoms with E-state index in [1.165, 1.54) is 0 Å². The van der Waals surface area contributed by atoms with Crippen LogP contribution in [0.5, 0.6) is 0 Å². The molecule has 7 atom stereocenters. The Labute approximate surface area is 227 Å². The van der Waals surface area contributed by atoms with Crippen LogP contribution in [0.2, 0.25) is 0 Å². The van der Waals surface area contributed by atoms with E-state index in [2.05, 4.69) is 33.9 Å². The van der Waals surface area contributed by atoms with Crippen molar-refractivity contribution in [3.63, 3.8) is 0 Å². The standard InChI is InChI=1S/C29H47N3O4S/c1-9-12-30(13-10-2)26(34)23-22-16-20(8)29(37-22)24(23)27(35)32(21(17-33)15-18(4)5)25(29)28(36)31(14-11-3)19(6)7/h9,11,18-25,33H,1,3,10,12-17H2,2,4-8H3/t20?,21-,22+,23-,24+,25?,29?/m1/s1. The van der Waals surface area contributed by atoms with E-state index in [4.69, 9.17) is 0 Å². The summed E-state index contributed by atoms with van der Waals surface area (Å²) in [4.78, 5) is 48.1. The molecule has 208 valence electrons. The topological polar surface area (TPSA) is 81.2 Å². The van der Waals surface area contributed by atoms with E-state index < -0.39 is 28.7 Å². The van der Waals surface area contributed by atoms with Gasteiger partial charge in [-0.3, -0.25) is 14.4 Å². The van der Waals surface area contributed by atoms with Gasteiger partial charge in [0.05, 0.1) is 29.2 Å². The number of carbonyl (C=O) groups excluding carboxylic acids is 3. The van der Waals surface area contributed by atoms with E-state index >= 15 is 0 Å². The Morgan fingerprint density at radius 1 is 1.19 bits per heavy atom. The van der Waals surface area contributed by atoms with E-state index in [-0.39, 0.29) is 47.5 Å². The third kappa shape index (κ3) is 5.00. The summed E-state index contributed by atoms with van der Waals surface area (Å²) in [6, 6.07) is -1.26. The molecule has 0 aliphatic carbocycles. The fraction of sp³-hybridized carbons (Fsp3) is 0.759. The minimum Gasteiger partial charge on any atom is -0.394 e. The normalized spacial score (nSPS) is 31.1. The molecule has 3 rings (SSSR count). The summed E-state index contributed by atoms with van der Waals surface area (Å²) in [5, 5.41) is 10.5. The second-order valence-electron chi connectivity index (χ2n) is 11.7. The maximum Gasteiger partial charge on any atom is 0.247 e. The average molecular weight is 534 g/mol. The van der Waals surface area contributed by atoms with Crippen LogP contribution < -0.4 is 0 Å². The highest BCUT2D eigenvalue weighted by Crippen LogP contribution is 2.69. The first kappa shape index (κ1) is 29.8. The number of amides is 3. The Kier molecular flexibility index (Phi) is 9.60. The molecule has 0 aromatic heterocycles. The van der Waals surface area contributed by atoms with Gasteiger partial charge in [-0.05, 0) is 44.9 Å². The number of likely N-dealkylation sites (tertiary alicyclic amines) is 1. The fourth-order valence-electron chi connectivity index (χ4n) is 7.01. The van der Waals surface area contributed by atoms with Gasteiger partial charge in [-0.2, -0.15) is 0 Å². The molecule has 3 amide bonds. The number of aliphatic hydroxyl groups excluding tert-OH is 1. The van der Waals surface area contributed by atoms with Crippen molar-refractivity contribution in [2.24, 2.45) is 23.7 Å². The Bertz CT molecular complexity index is 892. The number of hydrogen-bond acceptors (Lipinski definition) is 5. The van der Waals surface area contributed by atoms with Gasteiger partial charge in [-0.1, -0.05) is 39.8 Å². The summed E-state index contributed by atoms with van der Waals surface area (Å²) in [7, 11) is 0. The van der Waals surface area contributed by atoms with Crippen molar-refractivity contribution < 1.29 is 19.5 Å². The van der Waals surface area contributed by atoms with Crippen molar-refractivity contribution in [2.45, 2.75) is 88.9 Å². The minimum atomic E-state index is -0.718. The summed E-state index contributed by atoms with van der Waals surface area (Å²) in [6.45, 7) is 21.2. The number of nitrogens with zero attached hydrogens (tertiary/aromatic N) is 3. The van der Waals surface area contributed by atoms with Gasteiger partial charge in [-0.15, -0.1) is 24.9 Å². The quantitative estimate of drug-likeness (QED) is 0.366. The highest BCUT2D eigenvalue weighted by Gasteiger charge is 2.77. The van der Waals surface area contributed by atoms with Crippen LogP contribution in [0.1, 0.15) is 60.8 Å². The fourth-order valence-corrected chi connectivity index (χ4v) is 9.41. The molecule has 3 fully saturated rings. The third-order valence-corrected chi connectivity index (χ3v) is 10.5. The van der Waals surface area contributed by atoms with Gasteiger partial charge < -0.3 is 19.8 Å². The lowest BCUT2D eigenvalue weighted by molar-refractivity contribution is -0.147. The van der Waals surface area contributed by atoms with Gasteiger partial charge >= 0.3 is 0 Å². The first-order valence-electron chi connectivity index (χ1n) is 13.9.